The first-order valence-corrected chi connectivity index (χ1v) is 4.79. The van der Waals surface area contributed by atoms with Crippen LogP contribution in [-0.4, -0.2) is 22.5 Å². The summed E-state index contributed by atoms with van der Waals surface area (Å²) < 4.78 is 4.91. The predicted octanol–water partition coefficient (Wildman–Crippen LogP) is 2.02. The van der Waals surface area contributed by atoms with E-state index in [4.69, 9.17) is 4.74 Å². The molecule has 0 saturated heterocycles. The second-order valence-electron chi connectivity index (χ2n) is 3.46. The molecule has 0 unspecified atom stereocenters. The summed E-state index contributed by atoms with van der Waals surface area (Å²) in [5, 5.41) is 0. The topological polar surface area (TPSA) is 55.0 Å². The van der Waals surface area contributed by atoms with E-state index in [1.54, 1.807) is 6.92 Å². The van der Waals surface area contributed by atoms with E-state index in [2.05, 4.69) is 9.97 Å². The third-order valence-electron chi connectivity index (χ3n) is 1.90. The first-order chi connectivity index (χ1) is 6.56. The van der Waals surface area contributed by atoms with Crippen LogP contribution >= 0.6 is 0 Å². The van der Waals surface area contributed by atoms with Crippen molar-refractivity contribution in [2.45, 2.75) is 33.6 Å². The van der Waals surface area contributed by atoms with E-state index in [-0.39, 0.29) is 11.9 Å². The van der Waals surface area contributed by atoms with Crippen LogP contribution in [0.2, 0.25) is 0 Å². The van der Waals surface area contributed by atoms with E-state index in [1.807, 2.05) is 20.8 Å². The van der Waals surface area contributed by atoms with Gasteiger partial charge in [0.05, 0.1) is 12.3 Å². The van der Waals surface area contributed by atoms with Gasteiger partial charge in [-0.3, -0.25) is 0 Å². The fraction of sp³-hybridized carbons (Fsp3) is 0.600. The standard InChI is InChI=1S/C10H16N2O2/c1-5-14-10(13)9-8(6(2)3)11-7(4)12-9/h6H,5H2,1-4H3,(H,11,12). The summed E-state index contributed by atoms with van der Waals surface area (Å²) in [4.78, 5) is 18.7. The molecule has 0 aromatic carbocycles. The maximum Gasteiger partial charge on any atom is 0.358 e. The highest BCUT2D eigenvalue weighted by molar-refractivity contribution is 5.88. The van der Waals surface area contributed by atoms with Crippen LogP contribution in [0.1, 0.15) is 48.7 Å². The third kappa shape index (κ3) is 2.13. The van der Waals surface area contributed by atoms with Crippen LogP contribution in [0.25, 0.3) is 0 Å². The van der Waals surface area contributed by atoms with E-state index in [0.717, 1.165) is 11.5 Å². The molecule has 0 aliphatic heterocycles. The number of esters is 1. The van der Waals surface area contributed by atoms with Crippen molar-refractivity contribution in [1.29, 1.82) is 0 Å². The average molecular weight is 196 g/mol. The summed E-state index contributed by atoms with van der Waals surface area (Å²) >= 11 is 0. The van der Waals surface area contributed by atoms with Gasteiger partial charge in [-0.15, -0.1) is 0 Å². The number of aromatic amines is 1. The summed E-state index contributed by atoms with van der Waals surface area (Å²) in [6, 6.07) is 0. The van der Waals surface area contributed by atoms with Gasteiger partial charge in [-0.05, 0) is 19.8 Å². The van der Waals surface area contributed by atoms with E-state index < -0.39 is 0 Å². The Labute approximate surface area is 83.7 Å². The van der Waals surface area contributed by atoms with Crippen LogP contribution in [0.3, 0.4) is 0 Å². The Morgan fingerprint density at radius 1 is 1.57 bits per heavy atom. The second-order valence-corrected chi connectivity index (χ2v) is 3.46. The number of rotatable bonds is 3. The minimum Gasteiger partial charge on any atom is -0.461 e. The summed E-state index contributed by atoms with van der Waals surface area (Å²) in [6.07, 6.45) is 0. The van der Waals surface area contributed by atoms with Gasteiger partial charge in [-0.1, -0.05) is 13.8 Å². The average Bonchev–Trinajstić information content (AvgIpc) is 2.48. The van der Waals surface area contributed by atoms with Gasteiger partial charge in [0.25, 0.3) is 0 Å². The largest absolute Gasteiger partial charge is 0.461 e. The molecule has 0 atom stereocenters. The van der Waals surface area contributed by atoms with Gasteiger partial charge in [-0.2, -0.15) is 0 Å². The molecule has 4 heteroatoms. The zero-order chi connectivity index (χ0) is 10.7. The first-order valence-electron chi connectivity index (χ1n) is 4.79. The van der Waals surface area contributed by atoms with Gasteiger partial charge in [0.2, 0.25) is 0 Å². The molecule has 0 fully saturated rings. The van der Waals surface area contributed by atoms with Crippen molar-refractivity contribution in [3.8, 4) is 0 Å². The third-order valence-corrected chi connectivity index (χ3v) is 1.90. The molecule has 1 aromatic rings. The molecule has 4 nitrogen and oxygen atoms in total. The molecule has 1 N–H and O–H groups in total. The number of nitrogens with zero attached hydrogens (tertiary/aromatic N) is 1. The highest BCUT2D eigenvalue weighted by Crippen LogP contribution is 2.17. The summed E-state index contributed by atoms with van der Waals surface area (Å²) in [5.74, 6) is 0.646. The van der Waals surface area contributed by atoms with Crippen molar-refractivity contribution in [1.82, 2.24) is 9.97 Å². The Morgan fingerprint density at radius 2 is 2.21 bits per heavy atom. The number of ether oxygens (including phenoxy) is 1. The molecule has 1 rings (SSSR count). The van der Waals surface area contributed by atoms with Gasteiger partial charge in [0, 0.05) is 0 Å². The number of H-pyrrole nitrogens is 1. The quantitative estimate of drug-likeness (QED) is 0.752. The molecular formula is C10H16N2O2. The fourth-order valence-electron chi connectivity index (χ4n) is 1.28. The number of aryl methyl sites for hydroxylation is 1. The van der Waals surface area contributed by atoms with Gasteiger partial charge in [0.15, 0.2) is 5.69 Å². The van der Waals surface area contributed by atoms with E-state index >= 15 is 0 Å². The van der Waals surface area contributed by atoms with E-state index in [1.165, 1.54) is 0 Å². The normalized spacial score (nSPS) is 10.6. The molecule has 1 aromatic heterocycles. The van der Waals surface area contributed by atoms with E-state index in [9.17, 15) is 4.79 Å². The number of carbonyl (C=O) groups is 1. The summed E-state index contributed by atoms with van der Waals surface area (Å²) in [6.45, 7) is 8.01. The van der Waals surface area contributed by atoms with Crippen LogP contribution < -0.4 is 0 Å². The number of hydrogen-bond donors (Lipinski definition) is 1. The number of hydrogen-bond acceptors (Lipinski definition) is 3. The van der Waals surface area contributed by atoms with E-state index in [0.29, 0.717) is 12.3 Å². The number of imidazole rings is 1. The Kier molecular flexibility index (Phi) is 3.28. The van der Waals surface area contributed by atoms with Crippen LogP contribution in [0, 0.1) is 6.92 Å². The smallest absolute Gasteiger partial charge is 0.358 e. The lowest BCUT2D eigenvalue weighted by Crippen LogP contribution is -2.08. The molecule has 0 aliphatic rings. The highest BCUT2D eigenvalue weighted by Gasteiger charge is 2.19. The second kappa shape index (κ2) is 4.26. The van der Waals surface area contributed by atoms with Crippen LogP contribution in [0.4, 0.5) is 0 Å². The number of aromatic nitrogens is 2. The fourth-order valence-corrected chi connectivity index (χ4v) is 1.28. The molecule has 0 amide bonds. The van der Waals surface area contributed by atoms with Crippen molar-refractivity contribution in [2.75, 3.05) is 6.61 Å². The maximum atomic E-state index is 11.5. The zero-order valence-electron chi connectivity index (χ0n) is 9.05. The predicted molar refractivity (Wildman–Crippen MR) is 53.4 cm³/mol. The SMILES string of the molecule is CCOC(=O)c1nc(C)[nH]c1C(C)C. The maximum absolute atomic E-state index is 11.5. The lowest BCUT2D eigenvalue weighted by atomic mass is 10.1. The molecule has 1 heterocycles. The molecule has 0 bridgehead atoms. The molecule has 14 heavy (non-hydrogen) atoms. The Bertz CT molecular complexity index is 329. The van der Waals surface area contributed by atoms with Crippen LogP contribution in [0.15, 0.2) is 0 Å². The van der Waals surface area contributed by atoms with Gasteiger partial charge in [0.1, 0.15) is 5.82 Å². The van der Waals surface area contributed by atoms with Crippen LogP contribution in [-0.2, 0) is 4.74 Å². The lowest BCUT2D eigenvalue weighted by molar-refractivity contribution is 0.0518. The molecule has 0 aliphatic carbocycles. The van der Waals surface area contributed by atoms with Crippen molar-refractivity contribution < 1.29 is 9.53 Å². The van der Waals surface area contributed by atoms with Crippen molar-refractivity contribution in [3.05, 3.63) is 17.2 Å². The first kappa shape index (κ1) is 10.8. The Morgan fingerprint density at radius 3 is 2.71 bits per heavy atom. The van der Waals surface area contributed by atoms with Gasteiger partial charge >= 0.3 is 5.97 Å². The molecule has 0 saturated carbocycles. The van der Waals surface area contributed by atoms with Crippen LogP contribution in [0.5, 0.6) is 0 Å². The monoisotopic (exact) mass is 196 g/mol. The minimum atomic E-state index is -0.347. The summed E-state index contributed by atoms with van der Waals surface area (Å²) in [7, 11) is 0. The molecule has 0 radical (unpaired) electrons. The van der Waals surface area contributed by atoms with Crippen molar-refractivity contribution in [3.63, 3.8) is 0 Å². The lowest BCUT2D eigenvalue weighted by Gasteiger charge is -2.04. The molecule has 0 spiro atoms. The van der Waals surface area contributed by atoms with Gasteiger partial charge in [-0.25, -0.2) is 9.78 Å². The molecular weight excluding hydrogens is 180 g/mol. The minimum absolute atomic E-state index is 0.246. The number of nitrogens with one attached hydrogen (secondary N) is 1. The molecule has 78 valence electrons. The number of carbonyl (C=O) groups excluding carboxylic acids is 1. The Balaban J connectivity index is 3.00. The summed E-state index contributed by atoms with van der Waals surface area (Å²) in [5.41, 5.74) is 1.26. The zero-order valence-corrected chi connectivity index (χ0v) is 9.05. The van der Waals surface area contributed by atoms with Gasteiger partial charge < -0.3 is 9.72 Å². The Hall–Kier alpha value is -1.32. The van der Waals surface area contributed by atoms with Crippen molar-refractivity contribution >= 4 is 5.97 Å². The van der Waals surface area contributed by atoms with Crippen molar-refractivity contribution in [2.24, 2.45) is 0 Å². The highest BCUT2D eigenvalue weighted by atomic mass is 16.5.